The van der Waals surface area contributed by atoms with Crippen LogP contribution in [-0.2, 0) is 27.4 Å². The molecule has 0 bridgehead atoms. The lowest BCUT2D eigenvalue weighted by molar-refractivity contribution is -0.150. The minimum atomic E-state index is -0.746. The molecule has 5 heteroatoms. The number of halogens is 1. The zero-order valence-electron chi connectivity index (χ0n) is 14.4. The summed E-state index contributed by atoms with van der Waals surface area (Å²) in [4.78, 5) is 24.5. The highest BCUT2D eigenvalue weighted by atomic mass is 19.1. The third-order valence-electron chi connectivity index (χ3n) is 3.71. The molecule has 2 aromatic carbocycles. The number of nitrogens with one attached hydrogen (secondary N) is 1. The number of ether oxygens (including phenoxy) is 1. The van der Waals surface area contributed by atoms with Crippen LogP contribution in [0.15, 0.2) is 54.6 Å². The van der Waals surface area contributed by atoms with Crippen LogP contribution in [0.2, 0.25) is 0 Å². The molecule has 0 aliphatic heterocycles. The second-order valence-corrected chi connectivity index (χ2v) is 6.19. The average Bonchev–Trinajstić information content (AvgIpc) is 2.58. The van der Waals surface area contributed by atoms with Gasteiger partial charge in [-0.1, -0.05) is 56.3 Å². The number of esters is 1. The fourth-order valence-corrected chi connectivity index (χ4v) is 2.37. The molecule has 2 aromatic rings. The molecule has 0 aliphatic carbocycles. The van der Waals surface area contributed by atoms with E-state index >= 15 is 0 Å². The van der Waals surface area contributed by atoms with Crippen LogP contribution < -0.4 is 5.32 Å². The van der Waals surface area contributed by atoms with Crippen LogP contribution >= 0.6 is 0 Å². The molecular weight excluding hydrogens is 321 g/mol. The molecule has 0 saturated heterocycles. The largest absolute Gasteiger partial charge is 0.459 e. The molecule has 0 heterocycles. The molecule has 0 unspecified atom stereocenters. The molecule has 0 aliphatic rings. The molecule has 1 atom stereocenters. The van der Waals surface area contributed by atoms with Crippen LogP contribution in [0.5, 0.6) is 0 Å². The average molecular weight is 343 g/mol. The lowest BCUT2D eigenvalue weighted by atomic mass is 10.0. The Morgan fingerprint density at radius 2 is 1.72 bits per heavy atom. The molecule has 132 valence electrons. The maximum atomic E-state index is 13.2. The van der Waals surface area contributed by atoms with Gasteiger partial charge in [-0.2, -0.15) is 0 Å². The summed E-state index contributed by atoms with van der Waals surface area (Å²) in [6.07, 6.45) is 0.196. The molecule has 0 fully saturated rings. The van der Waals surface area contributed by atoms with Crippen molar-refractivity contribution in [2.45, 2.75) is 32.9 Å². The van der Waals surface area contributed by atoms with E-state index in [1.807, 2.05) is 44.2 Å². The predicted molar refractivity (Wildman–Crippen MR) is 93.1 cm³/mol. The first-order valence-corrected chi connectivity index (χ1v) is 8.20. The van der Waals surface area contributed by atoms with Gasteiger partial charge in [-0.05, 0) is 29.2 Å². The van der Waals surface area contributed by atoms with Gasteiger partial charge in [-0.15, -0.1) is 0 Å². The predicted octanol–water partition coefficient (Wildman–Crippen LogP) is 3.25. The van der Waals surface area contributed by atoms with Gasteiger partial charge in [0.2, 0.25) is 5.91 Å². The van der Waals surface area contributed by atoms with E-state index in [9.17, 15) is 14.0 Å². The molecule has 25 heavy (non-hydrogen) atoms. The number of amides is 1. The SMILES string of the molecule is CC(C)[C@H](NC(=O)Cc1ccccc1)C(=O)OCc1cccc(F)c1. The van der Waals surface area contributed by atoms with Crippen LogP contribution in [0.1, 0.15) is 25.0 Å². The van der Waals surface area contributed by atoms with Crippen LogP contribution in [0.25, 0.3) is 0 Å². The Bertz CT molecular complexity index is 716. The third-order valence-corrected chi connectivity index (χ3v) is 3.71. The third kappa shape index (κ3) is 6.03. The maximum absolute atomic E-state index is 13.2. The highest BCUT2D eigenvalue weighted by molar-refractivity contribution is 5.85. The second-order valence-electron chi connectivity index (χ2n) is 6.19. The Labute approximate surface area is 147 Å². The molecule has 0 aromatic heterocycles. The van der Waals surface area contributed by atoms with Gasteiger partial charge < -0.3 is 10.1 Å². The minimum Gasteiger partial charge on any atom is -0.459 e. The number of rotatable bonds is 7. The number of carbonyl (C=O) groups is 2. The van der Waals surface area contributed by atoms with Gasteiger partial charge in [0.25, 0.3) is 0 Å². The van der Waals surface area contributed by atoms with Gasteiger partial charge in [-0.3, -0.25) is 4.79 Å². The second kappa shape index (κ2) is 8.97. The summed E-state index contributed by atoms with van der Waals surface area (Å²) < 4.78 is 18.4. The minimum absolute atomic E-state index is 0.0334. The van der Waals surface area contributed by atoms with Gasteiger partial charge in [0, 0.05) is 0 Å². The molecule has 1 N–H and O–H groups in total. The van der Waals surface area contributed by atoms with Crippen molar-refractivity contribution in [1.82, 2.24) is 5.32 Å². The molecule has 4 nitrogen and oxygen atoms in total. The van der Waals surface area contributed by atoms with Gasteiger partial charge in [0.05, 0.1) is 6.42 Å². The Morgan fingerprint density at radius 1 is 1.04 bits per heavy atom. The van der Waals surface area contributed by atoms with Crippen molar-refractivity contribution in [2.75, 3.05) is 0 Å². The first-order valence-electron chi connectivity index (χ1n) is 8.20. The fraction of sp³-hybridized carbons (Fsp3) is 0.300. The van der Waals surface area contributed by atoms with Gasteiger partial charge in [-0.25, -0.2) is 9.18 Å². The summed E-state index contributed by atoms with van der Waals surface area (Å²) in [5, 5.41) is 2.72. The van der Waals surface area contributed by atoms with E-state index in [1.165, 1.54) is 12.1 Å². The summed E-state index contributed by atoms with van der Waals surface area (Å²) in [7, 11) is 0. The zero-order valence-corrected chi connectivity index (χ0v) is 14.4. The Balaban J connectivity index is 1.92. The van der Waals surface area contributed by atoms with E-state index in [2.05, 4.69) is 5.32 Å². The van der Waals surface area contributed by atoms with E-state index in [1.54, 1.807) is 12.1 Å². The van der Waals surface area contributed by atoms with Gasteiger partial charge in [0.15, 0.2) is 0 Å². The highest BCUT2D eigenvalue weighted by Crippen LogP contribution is 2.09. The molecule has 0 spiro atoms. The van der Waals surface area contributed by atoms with E-state index in [-0.39, 0.29) is 30.7 Å². The number of hydrogen-bond acceptors (Lipinski definition) is 3. The smallest absolute Gasteiger partial charge is 0.329 e. The molecule has 0 radical (unpaired) electrons. The van der Waals surface area contributed by atoms with Crippen molar-refractivity contribution < 1.29 is 18.7 Å². The Hall–Kier alpha value is -2.69. The summed E-state index contributed by atoms with van der Waals surface area (Å²) in [6.45, 7) is 3.63. The van der Waals surface area contributed by atoms with Crippen LogP contribution in [0, 0.1) is 11.7 Å². The van der Waals surface area contributed by atoms with Crippen molar-refractivity contribution >= 4 is 11.9 Å². The van der Waals surface area contributed by atoms with Crippen molar-refractivity contribution in [3.63, 3.8) is 0 Å². The first-order chi connectivity index (χ1) is 12.0. The number of hydrogen-bond donors (Lipinski definition) is 1. The Morgan fingerprint density at radius 3 is 2.36 bits per heavy atom. The summed E-state index contributed by atoms with van der Waals surface area (Å²) >= 11 is 0. The van der Waals surface area contributed by atoms with E-state index < -0.39 is 12.0 Å². The highest BCUT2D eigenvalue weighted by Gasteiger charge is 2.25. The standard InChI is InChI=1S/C20H22FNO3/c1-14(2)19(22-18(23)12-15-7-4-3-5-8-15)20(24)25-13-16-9-6-10-17(21)11-16/h3-11,14,19H,12-13H2,1-2H3,(H,22,23)/t19-/m0/s1. The zero-order chi connectivity index (χ0) is 18.2. The summed E-state index contributed by atoms with van der Waals surface area (Å²) in [5.74, 6) is -1.28. The van der Waals surface area contributed by atoms with Crippen LogP contribution in [0.4, 0.5) is 4.39 Å². The maximum Gasteiger partial charge on any atom is 0.329 e. The van der Waals surface area contributed by atoms with Gasteiger partial charge >= 0.3 is 5.97 Å². The van der Waals surface area contributed by atoms with Crippen LogP contribution in [-0.4, -0.2) is 17.9 Å². The van der Waals surface area contributed by atoms with E-state index in [0.29, 0.717) is 5.56 Å². The number of carbonyl (C=O) groups excluding carboxylic acids is 2. The normalized spacial score (nSPS) is 11.8. The molecule has 1 amide bonds. The van der Waals surface area contributed by atoms with Gasteiger partial charge in [0.1, 0.15) is 18.5 Å². The van der Waals surface area contributed by atoms with E-state index in [4.69, 9.17) is 4.74 Å². The van der Waals surface area contributed by atoms with Crippen molar-refractivity contribution in [3.8, 4) is 0 Å². The fourth-order valence-electron chi connectivity index (χ4n) is 2.37. The van der Waals surface area contributed by atoms with Crippen molar-refractivity contribution in [3.05, 3.63) is 71.5 Å². The lowest BCUT2D eigenvalue weighted by Crippen LogP contribution is -2.45. The summed E-state index contributed by atoms with van der Waals surface area (Å²) in [6, 6.07) is 14.4. The van der Waals surface area contributed by atoms with Crippen LogP contribution in [0.3, 0.4) is 0 Å². The topological polar surface area (TPSA) is 55.4 Å². The number of benzene rings is 2. The van der Waals surface area contributed by atoms with E-state index in [0.717, 1.165) is 5.56 Å². The Kier molecular flexibility index (Phi) is 6.69. The quantitative estimate of drug-likeness (QED) is 0.785. The van der Waals surface area contributed by atoms with Crippen molar-refractivity contribution in [1.29, 1.82) is 0 Å². The molecule has 2 rings (SSSR count). The lowest BCUT2D eigenvalue weighted by Gasteiger charge is -2.21. The monoisotopic (exact) mass is 343 g/mol. The molecular formula is C20H22FNO3. The van der Waals surface area contributed by atoms with Crippen molar-refractivity contribution in [2.24, 2.45) is 5.92 Å². The summed E-state index contributed by atoms with van der Waals surface area (Å²) in [5.41, 5.74) is 1.43. The molecule has 0 saturated carbocycles. The first kappa shape index (κ1) is 18.6.